The predicted molar refractivity (Wildman–Crippen MR) is 137 cm³/mol. The summed E-state index contributed by atoms with van der Waals surface area (Å²) in [6.45, 7) is 2.61. The highest BCUT2D eigenvalue weighted by Gasteiger charge is 2.37. The first-order chi connectivity index (χ1) is 15.8. The Morgan fingerprint density at radius 3 is 2.33 bits per heavy atom. The summed E-state index contributed by atoms with van der Waals surface area (Å²) in [5.41, 5.74) is 3.82. The lowest BCUT2D eigenvalue weighted by atomic mass is 9.74. The van der Waals surface area contributed by atoms with Crippen molar-refractivity contribution in [2.75, 3.05) is 14.1 Å². The van der Waals surface area contributed by atoms with Crippen molar-refractivity contribution in [3.63, 3.8) is 0 Å². The smallest absolute Gasteiger partial charge is 0.220 e. The molecule has 2 amide bonds. The van der Waals surface area contributed by atoms with Gasteiger partial charge in [0.25, 0.3) is 0 Å². The highest BCUT2D eigenvalue weighted by atomic mass is 79.9. The summed E-state index contributed by atoms with van der Waals surface area (Å²) < 4.78 is 0.985. The first-order valence-corrected chi connectivity index (χ1v) is 12.6. The molecule has 1 fully saturated rings. The second-order valence-electron chi connectivity index (χ2n) is 9.53. The van der Waals surface area contributed by atoms with Crippen molar-refractivity contribution in [3.05, 3.63) is 69.7 Å². The third-order valence-electron chi connectivity index (χ3n) is 6.80. The van der Waals surface area contributed by atoms with Crippen molar-refractivity contribution in [2.45, 2.75) is 70.0 Å². The molecule has 0 radical (unpaired) electrons. The van der Waals surface area contributed by atoms with Crippen molar-refractivity contribution in [2.24, 2.45) is 0 Å². The Bertz CT molecular complexity index is 952. The van der Waals surface area contributed by atoms with Gasteiger partial charge >= 0.3 is 0 Å². The summed E-state index contributed by atoms with van der Waals surface area (Å²) in [7, 11) is 4.34. The van der Waals surface area contributed by atoms with Gasteiger partial charge in [-0.25, -0.2) is 0 Å². The first-order valence-electron chi connectivity index (χ1n) is 11.8. The molecular formula is C27H36BrN3O2. The highest BCUT2D eigenvalue weighted by Crippen LogP contribution is 2.35. The molecular weight excluding hydrogens is 478 g/mol. The van der Waals surface area contributed by atoms with Crippen LogP contribution in [0.15, 0.2) is 53.0 Å². The summed E-state index contributed by atoms with van der Waals surface area (Å²) in [5.74, 6) is -0.132. The molecule has 2 N–H and O–H groups in total. The number of hydrogen-bond acceptors (Lipinski definition) is 3. The number of benzene rings is 2. The van der Waals surface area contributed by atoms with E-state index in [1.807, 2.05) is 24.3 Å². The van der Waals surface area contributed by atoms with E-state index in [1.54, 1.807) is 0 Å². The molecule has 3 rings (SSSR count). The Kier molecular flexibility index (Phi) is 9.10. The third kappa shape index (κ3) is 7.68. The summed E-state index contributed by atoms with van der Waals surface area (Å²) >= 11 is 3.43. The van der Waals surface area contributed by atoms with Gasteiger partial charge in [0.15, 0.2) is 0 Å². The van der Waals surface area contributed by atoms with Gasteiger partial charge in [-0.2, -0.15) is 0 Å². The SMILES string of the molecule is Cc1cccc(CC2(N(C)C)CCC(NC(=O)CCC(=O)NCc3cccc(Br)c3)CC2)c1. The number of nitrogens with zero attached hydrogens (tertiary/aromatic N) is 1. The number of aryl methyl sites for hydroxylation is 1. The molecule has 2 aromatic carbocycles. The molecule has 0 aliphatic heterocycles. The molecule has 0 aromatic heterocycles. The van der Waals surface area contributed by atoms with E-state index in [1.165, 1.54) is 11.1 Å². The number of carbonyl (C=O) groups is 2. The maximum atomic E-state index is 12.5. The fraction of sp³-hybridized carbons (Fsp3) is 0.481. The monoisotopic (exact) mass is 513 g/mol. The van der Waals surface area contributed by atoms with E-state index < -0.39 is 0 Å². The summed E-state index contributed by atoms with van der Waals surface area (Å²) in [6.07, 6.45) is 5.48. The van der Waals surface area contributed by atoms with Crippen LogP contribution in [0.25, 0.3) is 0 Å². The van der Waals surface area contributed by atoms with Crippen molar-refractivity contribution in [3.8, 4) is 0 Å². The van der Waals surface area contributed by atoms with Crippen LogP contribution in [0.5, 0.6) is 0 Å². The van der Waals surface area contributed by atoms with E-state index in [0.717, 1.165) is 42.1 Å². The summed E-state index contributed by atoms with van der Waals surface area (Å²) in [5, 5.41) is 6.05. The fourth-order valence-corrected chi connectivity index (χ4v) is 5.19. The van der Waals surface area contributed by atoms with Crippen molar-refractivity contribution >= 4 is 27.7 Å². The molecule has 33 heavy (non-hydrogen) atoms. The minimum absolute atomic E-state index is 0.0337. The Morgan fingerprint density at radius 2 is 1.67 bits per heavy atom. The first kappa shape index (κ1) is 25.4. The zero-order chi connectivity index (χ0) is 23.8. The molecule has 6 heteroatoms. The number of amides is 2. The Labute approximate surface area is 206 Å². The lowest BCUT2D eigenvalue weighted by molar-refractivity contribution is -0.127. The van der Waals surface area contributed by atoms with Gasteiger partial charge in [-0.1, -0.05) is 57.9 Å². The average Bonchev–Trinajstić information content (AvgIpc) is 2.78. The normalized spacial score (nSPS) is 20.5. The quantitative estimate of drug-likeness (QED) is 0.508. The lowest BCUT2D eigenvalue weighted by Gasteiger charge is -2.45. The lowest BCUT2D eigenvalue weighted by Crippen LogP contribution is -2.52. The second kappa shape index (κ2) is 11.8. The minimum Gasteiger partial charge on any atom is -0.353 e. The standard InChI is InChI=1S/C27H36BrN3O2/c1-20-6-4-7-21(16-20)18-27(31(2)3)14-12-24(13-15-27)30-26(33)11-10-25(32)29-19-22-8-5-9-23(28)17-22/h4-9,16-17,24H,10-15,18-19H2,1-3H3,(H,29,32)(H,30,33). The summed E-state index contributed by atoms with van der Waals surface area (Å²) in [4.78, 5) is 27.0. The van der Waals surface area contributed by atoms with Gasteiger partial charge < -0.3 is 15.5 Å². The van der Waals surface area contributed by atoms with Crippen LogP contribution in [-0.4, -0.2) is 42.4 Å². The maximum absolute atomic E-state index is 12.5. The van der Waals surface area contributed by atoms with Crippen LogP contribution in [-0.2, 0) is 22.6 Å². The minimum atomic E-state index is -0.0986. The molecule has 0 unspecified atom stereocenters. The molecule has 1 aliphatic carbocycles. The third-order valence-corrected chi connectivity index (χ3v) is 7.30. The van der Waals surface area contributed by atoms with Crippen LogP contribution in [0.2, 0.25) is 0 Å². The maximum Gasteiger partial charge on any atom is 0.220 e. The van der Waals surface area contributed by atoms with Gasteiger partial charge in [-0.15, -0.1) is 0 Å². The van der Waals surface area contributed by atoms with E-state index in [-0.39, 0.29) is 36.2 Å². The number of halogens is 1. The van der Waals surface area contributed by atoms with Gasteiger partial charge in [0.05, 0.1) is 0 Å². The number of likely N-dealkylation sites (N-methyl/N-ethyl adjacent to an activating group) is 1. The van der Waals surface area contributed by atoms with Crippen LogP contribution >= 0.6 is 15.9 Å². The summed E-state index contributed by atoms with van der Waals surface area (Å²) in [6, 6.07) is 16.8. The molecule has 0 spiro atoms. The molecule has 1 aliphatic rings. The van der Waals surface area contributed by atoms with Gasteiger partial charge in [0, 0.05) is 35.4 Å². The molecule has 0 heterocycles. The largest absolute Gasteiger partial charge is 0.353 e. The zero-order valence-corrected chi connectivity index (χ0v) is 21.6. The molecule has 0 atom stereocenters. The number of carbonyl (C=O) groups excluding carboxylic acids is 2. The topological polar surface area (TPSA) is 61.4 Å². The molecule has 1 saturated carbocycles. The Balaban J connectivity index is 1.41. The Hall–Kier alpha value is -2.18. The molecule has 0 bridgehead atoms. The van der Waals surface area contributed by atoms with Crippen LogP contribution in [0.1, 0.15) is 55.2 Å². The van der Waals surface area contributed by atoms with E-state index in [0.29, 0.717) is 6.54 Å². The van der Waals surface area contributed by atoms with Crippen LogP contribution in [0.4, 0.5) is 0 Å². The molecule has 2 aromatic rings. The molecule has 178 valence electrons. The number of hydrogen-bond donors (Lipinski definition) is 2. The van der Waals surface area contributed by atoms with Crippen LogP contribution < -0.4 is 10.6 Å². The van der Waals surface area contributed by atoms with E-state index in [2.05, 4.69) is 76.7 Å². The molecule has 5 nitrogen and oxygen atoms in total. The van der Waals surface area contributed by atoms with E-state index in [9.17, 15) is 9.59 Å². The van der Waals surface area contributed by atoms with Crippen molar-refractivity contribution in [1.82, 2.24) is 15.5 Å². The highest BCUT2D eigenvalue weighted by molar-refractivity contribution is 9.10. The molecule has 0 saturated heterocycles. The fourth-order valence-electron chi connectivity index (χ4n) is 4.75. The number of rotatable bonds is 9. The van der Waals surface area contributed by atoms with E-state index >= 15 is 0 Å². The number of nitrogens with one attached hydrogen (secondary N) is 2. The van der Waals surface area contributed by atoms with Crippen molar-refractivity contribution in [1.29, 1.82) is 0 Å². The average molecular weight is 515 g/mol. The van der Waals surface area contributed by atoms with Crippen LogP contribution in [0, 0.1) is 6.92 Å². The zero-order valence-electron chi connectivity index (χ0n) is 20.0. The van der Waals surface area contributed by atoms with Crippen LogP contribution in [0.3, 0.4) is 0 Å². The Morgan fingerprint density at radius 1 is 1.00 bits per heavy atom. The van der Waals surface area contributed by atoms with Gasteiger partial charge in [-0.05, 0) is 76.4 Å². The second-order valence-corrected chi connectivity index (χ2v) is 10.4. The van der Waals surface area contributed by atoms with E-state index in [4.69, 9.17) is 0 Å². The van der Waals surface area contributed by atoms with Crippen molar-refractivity contribution < 1.29 is 9.59 Å². The van der Waals surface area contributed by atoms with Gasteiger partial charge in [0.1, 0.15) is 0 Å². The van der Waals surface area contributed by atoms with Gasteiger partial charge in [-0.3, -0.25) is 9.59 Å². The predicted octanol–water partition coefficient (Wildman–Crippen LogP) is 4.76. The van der Waals surface area contributed by atoms with Gasteiger partial charge in [0.2, 0.25) is 11.8 Å².